The van der Waals surface area contributed by atoms with Gasteiger partial charge in [-0.1, -0.05) is 12.1 Å². The number of rotatable bonds is 2. The van der Waals surface area contributed by atoms with Gasteiger partial charge < -0.3 is 0 Å². The molecule has 1 aliphatic carbocycles. The summed E-state index contributed by atoms with van der Waals surface area (Å²) in [5.41, 5.74) is 0. The van der Waals surface area contributed by atoms with E-state index < -0.39 is 7.80 Å². The highest BCUT2D eigenvalue weighted by Crippen LogP contribution is 2.41. The van der Waals surface area contributed by atoms with E-state index in [4.69, 9.17) is 0 Å². The molecular weight excluding hydrogens is 351 g/mol. The van der Waals surface area contributed by atoms with Crippen molar-refractivity contribution in [3.63, 3.8) is 0 Å². The van der Waals surface area contributed by atoms with E-state index in [0.29, 0.717) is 0 Å². The highest BCUT2D eigenvalue weighted by Gasteiger charge is 2.38. The monoisotopic (exact) mass is 356 g/mol. The Bertz CT molecular complexity index is 530. The lowest BCUT2D eigenvalue weighted by atomic mass is 10.3. The minimum absolute atomic E-state index is 0.756. The zero-order chi connectivity index (χ0) is 11.5. The van der Waals surface area contributed by atoms with Crippen LogP contribution in [-0.4, -0.2) is 0 Å². The van der Waals surface area contributed by atoms with Gasteiger partial charge in [-0.2, -0.15) is 0 Å². The number of hydrogen-bond acceptors (Lipinski definition) is 1. The van der Waals surface area contributed by atoms with Crippen molar-refractivity contribution in [2.45, 2.75) is 0 Å². The molecule has 0 radical (unpaired) electrons. The summed E-state index contributed by atoms with van der Waals surface area (Å²) >= 11 is 6.77. The van der Waals surface area contributed by atoms with E-state index in [2.05, 4.69) is 37.9 Å². The summed E-state index contributed by atoms with van der Waals surface area (Å²) in [5.74, 6) is 0. The van der Waals surface area contributed by atoms with Gasteiger partial charge in [0.05, 0.1) is 16.6 Å². The van der Waals surface area contributed by atoms with Crippen molar-refractivity contribution in [1.29, 1.82) is 0 Å². The summed E-state index contributed by atoms with van der Waals surface area (Å²) in [4.78, 5) is 0. The average Bonchev–Trinajstić information content (AvgIpc) is 2.29. The molecule has 1 aliphatic rings. The highest BCUT2D eigenvalue weighted by atomic mass is 79.9. The van der Waals surface area contributed by atoms with E-state index >= 15 is 0 Å². The highest BCUT2D eigenvalue weighted by molar-refractivity contribution is 9.12. The fraction of sp³-hybridized carbons (Fsp3) is 0. The van der Waals surface area contributed by atoms with Gasteiger partial charge in [0, 0.05) is 0 Å². The van der Waals surface area contributed by atoms with Crippen molar-refractivity contribution >= 4 is 45.0 Å². The predicted molar refractivity (Wildman–Crippen MR) is 74.3 cm³/mol. The Hall–Kier alpha value is -0.590. The third-order valence-electron chi connectivity index (χ3n) is 2.08. The second-order valence-corrected chi connectivity index (χ2v) is 6.31. The van der Waals surface area contributed by atoms with Crippen molar-refractivity contribution < 1.29 is 4.57 Å². The third kappa shape index (κ3) is 2.39. The number of hydrogen-bond donors (Lipinski definition) is 0. The van der Waals surface area contributed by atoms with Crippen LogP contribution in [0.1, 0.15) is 0 Å². The van der Waals surface area contributed by atoms with Gasteiger partial charge in [0.15, 0.2) is 0 Å². The summed E-state index contributed by atoms with van der Waals surface area (Å²) in [6, 6.07) is 7.54. The fourth-order valence-corrected chi connectivity index (χ4v) is 4.04. The third-order valence-corrected chi connectivity index (χ3v) is 5.67. The van der Waals surface area contributed by atoms with E-state index in [-0.39, 0.29) is 0 Å². The first-order valence-corrected chi connectivity index (χ1v) is 7.42. The Balaban J connectivity index is 2.41. The standard InChI is InChI=1S/C12H7Br2OP/c13-9-5-1-3-7-11(9)16(15)12-8-4-2-6-10(12)14/h1-5,7-8H/q+2. The molecule has 0 N–H and O–H groups in total. The first kappa shape index (κ1) is 11.9. The van der Waals surface area contributed by atoms with E-state index in [1.54, 1.807) is 6.08 Å². The quantitative estimate of drug-likeness (QED) is 0.565. The van der Waals surface area contributed by atoms with Crippen molar-refractivity contribution in [3.8, 4) is 0 Å². The van der Waals surface area contributed by atoms with E-state index in [0.717, 1.165) is 19.6 Å². The molecule has 2 rings (SSSR count). The number of benzene rings is 1. The van der Waals surface area contributed by atoms with Gasteiger partial charge in [-0.3, -0.25) is 0 Å². The maximum Gasteiger partial charge on any atom is 0.477 e. The zero-order valence-electron chi connectivity index (χ0n) is 8.15. The molecule has 4 heteroatoms. The molecule has 78 valence electrons. The second-order valence-electron chi connectivity index (χ2n) is 3.12. The molecule has 1 aromatic carbocycles. The van der Waals surface area contributed by atoms with Crippen molar-refractivity contribution in [3.05, 3.63) is 62.8 Å². The van der Waals surface area contributed by atoms with Crippen molar-refractivity contribution in [2.24, 2.45) is 0 Å². The molecule has 1 unspecified atom stereocenters. The molecule has 1 atom stereocenters. The van der Waals surface area contributed by atoms with E-state index in [1.165, 1.54) is 0 Å². The molecule has 1 nitrogen and oxygen atoms in total. The van der Waals surface area contributed by atoms with Gasteiger partial charge >= 0.3 is 13.1 Å². The van der Waals surface area contributed by atoms with Gasteiger partial charge in [-0.05, 0) is 48.6 Å². The van der Waals surface area contributed by atoms with E-state index in [1.807, 2.05) is 36.4 Å². The molecule has 0 aromatic heterocycles. The van der Waals surface area contributed by atoms with Crippen LogP contribution in [0.25, 0.3) is 0 Å². The molecule has 0 saturated carbocycles. The second kappa shape index (κ2) is 5.16. The Kier molecular flexibility index (Phi) is 3.83. The topological polar surface area (TPSA) is 17.1 Å². The van der Waals surface area contributed by atoms with Crippen LogP contribution >= 0.6 is 39.7 Å². The van der Waals surface area contributed by atoms with Gasteiger partial charge in [0.25, 0.3) is 0 Å². The molecule has 0 spiro atoms. The molecule has 0 fully saturated rings. The zero-order valence-corrected chi connectivity index (χ0v) is 12.2. The molecule has 0 saturated heterocycles. The van der Waals surface area contributed by atoms with Gasteiger partial charge in [-0.25, -0.2) is 0 Å². The molecular formula is C12H7Br2OP+2. The normalized spacial score (nSPS) is 15.0. The lowest BCUT2D eigenvalue weighted by molar-refractivity contribution is 0.596. The fourth-order valence-electron chi connectivity index (χ4n) is 1.31. The maximum atomic E-state index is 12.4. The smallest absolute Gasteiger partial charge is 0.0608 e. The Labute approximate surface area is 112 Å². The lowest BCUT2D eigenvalue weighted by Crippen LogP contribution is -1.99. The van der Waals surface area contributed by atoms with Gasteiger partial charge in [-0.15, -0.1) is 0 Å². The first-order valence-electron chi connectivity index (χ1n) is 4.58. The van der Waals surface area contributed by atoms with Crippen LogP contribution in [-0.2, 0) is 4.57 Å². The largest absolute Gasteiger partial charge is 0.477 e. The van der Waals surface area contributed by atoms with Crippen molar-refractivity contribution in [1.82, 2.24) is 0 Å². The first-order chi connectivity index (χ1) is 7.70. The van der Waals surface area contributed by atoms with Crippen LogP contribution in [0.2, 0.25) is 0 Å². The Morgan fingerprint density at radius 3 is 2.62 bits per heavy atom. The summed E-state index contributed by atoms with van der Waals surface area (Å²) < 4.78 is 14.0. The SMILES string of the molecule is O=[P+](C1=CC=C[C+]=C1Br)c1ccccc1Br. The van der Waals surface area contributed by atoms with Crippen LogP contribution in [0.4, 0.5) is 0 Å². The predicted octanol–water partition coefficient (Wildman–Crippen LogP) is 4.44. The minimum atomic E-state index is -1.59. The number of halogens is 2. The summed E-state index contributed by atoms with van der Waals surface area (Å²) in [6.45, 7) is 0. The molecule has 0 bridgehead atoms. The van der Waals surface area contributed by atoms with E-state index in [9.17, 15) is 4.57 Å². The molecule has 1 aromatic rings. The summed E-state index contributed by atoms with van der Waals surface area (Å²) in [5, 5.41) is 1.57. The molecule has 0 amide bonds. The van der Waals surface area contributed by atoms with Crippen LogP contribution in [0.15, 0.2) is 56.8 Å². The van der Waals surface area contributed by atoms with Gasteiger partial charge in [0.1, 0.15) is 12.2 Å². The maximum absolute atomic E-state index is 12.4. The Morgan fingerprint density at radius 1 is 1.19 bits per heavy atom. The van der Waals surface area contributed by atoms with Crippen LogP contribution in [0.3, 0.4) is 0 Å². The van der Waals surface area contributed by atoms with Crippen LogP contribution < -0.4 is 5.30 Å². The van der Waals surface area contributed by atoms with Gasteiger partial charge in [0.2, 0.25) is 9.79 Å². The Morgan fingerprint density at radius 2 is 1.94 bits per heavy atom. The average molecular weight is 358 g/mol. The van der Waals surface area contributed by atoms with Crippen molar-refractivity contribution in [2.75, 3.05) is 0 Å². The minimum Gasteiger partial charge on any atom is -0.0608 e. The summed E-state index contributed by atoms with van der Waals surface area (Å²) in [7, 11) is -1.59. The lowest BCUT2D eigenvalue weighted by Gasteiger charge is -1.91. The summed E-state index contributed by atoms with van der Waals surface area (Å²) in [6.07, 6.45) is 8.46. The molecule has 0 aliphatic heterocycles. The number of allylic oxidation sites excluding steroid dienone is 6. The van der Waals surface area contributed by atoms with Crippen LogP contribution in [0.5, 0.6) is 0 Å². The molecule has 16 heavy (non-hydrogen) atoms. The van der Waals surface area contributed by atoms with Crippen LogP contribution in [0, 0.1) is 6.08 Å². The molecule has 0 heterocycles.